The molecule has 1 heterocycles. The molecule has 3 rings (SSSR count). The number of hydrogen-bond acceptors (Lipinski definition) is 8. The van der Waals surface area contributed by atoms with Gasteiger partial charge in [0.05, 0.1) is 16.6 Å². The number of aromatic amines is 1. The van der Waals surface area contributed by atoms with Gasteiger partial charge in [0, 0.05) is 16.4 Å². The first-order valence-corrected chi connectivity index (χ1v) is 12.6. The molecule has 0 aliphatic heterocycles. The molecule has 2 amide bonds. The molecule has 11 heteroatoms. The second-order valence-corrected chi connectivity index (χ2v) is 12.3. The first-order valence-electron chi connectivity index (χ1n) is 11.8. The van der Waals surface area contributed by atoms with Crippen LogP contribution in [0, 0.1) is 0 Å². The van der Waals surface area contributed by atoms with Crippen LogP contribution in [0.15, 0.2) is 21.4 Å². The number of nitrogens with one attached hydrogen (secondary N) is 1. The Kier molecular flexibility index (Phi) is 7.76. The summed E-state index contributed by atoms with van der Waals surface area (Å²) in [5.74, 6) is 0.322. The fourth-order valence-corrected chi connectivity index (χ4v) is 4.11. The zero-order valence-electron chi connectivity index (χ0n) is 22.2. The van der Waals surface area contributed by atoms with Crippen LogP contribution in [0.4, 0.5) is 9.59 Å². The molecule has 1 saturated carbocycles. The number of halogens is 1. The first-order chi connectivity index (χ1) is 16.5. The molecule has 1 aromatic heterocycles. The van der Waals surface area contributed by atoms with Crippen LogP contribution in [-0.4, -0.2) is 69.6 Å². The number of nitrogens with zero attached hydrogens (tertiary/aromatic N) is 3. The summed E-state index contributed by atoms with van der Waals surface area (Å²) in [5.41, 5.74) is -2.27. The summed E-state index contributed by atoms with van der Waals surface area (Å²) in [4.78, 5) is 42.0. The molecule has 0 spiro atoms. The van der Waals surface area contributed by atoms with Crippen LogP contribution in [0.2, 0.25) is 0 Å². The van der Waals surface area contributed by atoms with Gasteiger partial charge < -0.3 is 19.1 Å². The zero-order valence-corrected chi connectivity index (χ0v) is 23.7. The molecule has 0 bridgehead atoms. The number of ether oxygens (including phenoxy) is 3. The fraction of sp³-hybridized carbons (Fsp3) is 0.600. The van der Waals surface area contributed by atoms with E-state index in [9.17, 15) is 14.4 Å². The molecule has 1 aliphatic rings. The zero-order chi connectivity index (χ0) is 27.1. The highest BCUT2D eigenvalue weighted by molar-refractivity contribution is 9.10. The van der Waals surface area contributed by atoms with Gasteiger partial charge in [-0.15, -0.1) is 0 Å². The van der Waals surface area contributed by atoms with Gasteiger partial charge in [-0.2, -0.15) is 5.10 Å². The van der Waals surface area contributed by atoms with Crippen molar-refractivity contribution < 1.29 is 23.8 Å². The van der Waals surface area contributed by atoms with Gasteiger partial charge in [-0.1, -0.05) is 15.9 Å². The summed E-state index contributed by atoms with van der Waals surface area (Å²) >= 11 is 3.49. The predicted molar refractivity (Wildman–Crippen MR) is 139 cm³/mol. The van der Waals surface area contributed by atoms with Crippen LogP contribution in [-0.2, 0) is 16.0 Å². The monoisotopic (exact) mass is 566 g/mol. The Balaban J connectivity index is 1.97. The summed E-state index contributed by atoms with van der Waals surface area (Å²) in [7, 11) is 3.82. The van der Waals surface area contributed by atoms with Crippen molar-refractivity contribution in [1.82, 2.24) is 20.0 Å². The van der Waals surface area contributed by atoms with Crippen molar-refractivity contribution in [1.29, 1.82) is 0 Å². The third-order valence-electron chi connectivity index (χ3n) is 5.31. The van der Waals surface area contributed by atoms with Crippen LogP contribution >= 0.6 is 15.9 Å². The third-order valence-corrected chi connectivity index (χ3v) is 5.77. The summed E-state index contributed by atoms with van der Waals surface area (Å²) in [6.45, 7) is 10.9. The second-order valence-electron chi connectivity index (χ2n) is 11.4. The van der Waals surface area contributed by atoms with Crippen molar-refractivity contribution in [3.8, 4) is 5.75 Å². The Morgan fingerprint density at radius 2 is 1.61 bits per heavy atom. The molecule has 1 aromatic carbocycles. The van der Waals surface area contributed by atoms with E-state index in [1.165, 1.54) is 0 Å². The number of carbonyl (C=O) groups is 2. The van der Waals surface area contributed by atoms with E-state index in [0.29, 0.717) is 46.1 Å². The van der Waals surface area contributed by atoms with Crippen LogP contribution in [0.1, 0.15) is 60.1 Å². The van der Waals surface area contributed by atoms with Gasteiger partial charge in [0.25, 0.3) is 5.56 Å². The van der Waals surface area contributed by atoms with Crippen molar-refractivity contribution in [2.24, 2.45) is 0 Å². The molecular weight excluding hydrogens is 532 g/mol. The van der Waals surface area contributed by atoms with Crippen molar-refractivity contribution in [3.05, 3.63) is 32.7 Å². The number of aromatic nitrogens is 2. The van der Waals surface area contributed by atoms with Crippen LogP contribution in [0.3, 0.4) is 0 Å². The highest BCUT2D eigenvalue weighted by atomic mass is 79.9. The standard InChI is InChI=1S/C25H35BrN4O6/c1-23(2,3)35-21(32)30(22(33)36-24(4,5)6)25(9-10-25)14-34-18-12-15(26)11-16-17(13-29(7)8)27-28-20(31)19(16)18/h11-12H,9-10,13-14H2,1-8H3,(H,28,31). The largest absolute Gasteiger partial charge is 0.490 e. The minimum atomic E-state index is -0.953. The summed E-state index contributed by atoms with van der Waals surface area (Å²) in [5, 5.41) is 7.75. The van der Waals surface area contributed by atoms with E-state index < -0.39 is 34.5 Å². The Morgan fingerprint density at radius 3 is 2.08 bits per heavy atom. The van der Waals surface area contributed by atoms with Crippen LogP contribution in [0.5, 0.6) is 5.75 Å². The fourth-order valence-electron chi connectivity index (χ4n) is 3.68. The van der Waals surface area contributed by atoms with E-state index in [4.69, 9.17) is 14.2 Å². The number of benzene rings is 1. The molecule has 10 nitrogen and oxygen atoms in total. The Labute approximate surface area is 219 Å². The molecule has 198 valence electrons. The lowest BCUT2D eigenvalue weighted by molar-refractivity contribution is -0.0153. The maximum atomic E-state index is 13.1. The van der Waals surface area contributed by atoms with Gasteiger partial charge >= 0.3 is 12.2 Å². The number of imide groups is 1. The van der Waals surface area contributed by atoms with Crippen molar-refractivity contribution in [2.75, 3.05) is 20.7 Å². The highest BCUT2D eigenvalue weighted by Crippen LogP contribution is 2.44. The lowest BCUT2D eigenvalue weighted by Crippen LogP contribution is -2.52. The smallest absolute Gasteiger partial charge is 0.420 e. The van der Waals surface area contributed by atoms with E-state index in [-0.39, 0.29) is 6.61 Å². The minimum absolute atomic E-state index is 0.0260. The normalized spacial score (nSPS) is 15.1. The molecule has 0 unspecified atom stereocenters. The third kappa shape index (κ3) is 6.76. The van der Waals surface area contributed by atoms with Crippen molar-refractivity contribution in [3.63, 3.8) is 0 Å². The minimum Gasteiger partial charge on any atom is -0.490 e. The maximum absolute atomic E-state index is 13.1. The summed E-state index contributed by atoms with van der Waals surface area (Å²) in [6, 6.07) is 3.52. The number of carbonyl (C=O) groups excluding carboxylic acids is 2. The first kappa shape index (κ1) is 27.9. The molecule has 1 aliphatic carbocycles. The van der Waals surface area contributed by atoms with Crippen molar-refractivity contribution >= 4 is 38.9 Å². The van der Waals surface area contributed by atoms with Crippen LogP contribution < -0.4 is 10.3 Å². The Bertz CT molecular complexity index is 1180. The Hall–Kier alpha value is -2.66. The average Bonchev–Trinajstić information content (AvgIpc) is 3.45. The molecule has 36 heavy (non-hydrogen) atoms. The van der Waals surface area contributed by atoms with E-state index in [1.54, 1.807) is 47.6 Å². The van der Waals surface area contributed by atoms with E-state index in [1.807, 2.05) is 25.1 Å². The Morgan fingerprint density at radius 1 is 1.06 bits per heavy atom. The number of hydrogen-bond donors (Lipinski definition) is 1. The number of H-pyrrole nitrogens is 1. The quantitative estimate of drug-likeness (QED) is 0.528. The second kappa shape index (κ2) is 10.0. The molecule has 0 radical (unpaired) electrons. The topological polar surface area (TPSA) is 114 Å². The van der Waals surface area contributed by atoms with Gasteiger partial charge in [-0.05, 0) is 80.6 Å². The maximum Gasteiger partial charge on any atom is 0.420 e. The molecule has 1 fully saturated rings. The van der Waals surface area contributed by atoms with E-state index >= 15 is 0 Å². The predicted octanol–water partition coefficient (Wildman–Crippen LogP) is 4.83. The molecule has 0 atom stereocenters. The van der Waals surface area contributed by atoms with Crippen molar-refractivity contribution in [2.45, 2.75) is 77.7 Å². The van der Waals surface area contributed by atoms with E-state index in [2.05, 4.69) is 26.1 Å². The van der Waals surface area contributed by atoms with E-state index in [0.717, 1.165) is 4.90 Å². The molecular formula is C25H35BrN4O6. The lowest BCUT2D eigenvalue weighted by Gasteiger charge is -2.33. The highest BCUT2D eigenvalue weighted by Gasteiger charge is 2.56. The average molecular weight is 567 g/mol. The number of amides is 2. The van der Waals surface area contributed by atoms with Gasteiger partial charge in [0.15, 0.2) is 0 Å². The number of fused-ring (bicyclic) bond motifs is 1. The number of rotatable bonds is 6. The summed E-state index contributed by atoms with van der Waals surface area (Å²) in [6.07, 6.45) is -0.567. The molecule has 2 aromatic rings. The molecule has 1 N–H and O–H groups in total. The van der Waals surface area contributed by atoms with Gasteiger partial charge in [0.1, 0.15) is 23.6 Å². The van der Waals surface area contributed by atoms with Crippen LogP contribution in [0.25, 0.3) is 10.8 Å². The van der Waals surface area contributed by atoms with Gasteiger partial charge in [-0.25, -0.2) is 19.6 Å². The SMILES string of the molecule is CN(C)Cc1n[nH]c(=O)c2c(OCC3(N(C(=O)OC(C)(C)C)C(=O)OC(C)(C)C)CC3)cc(Br)cc12. The summed E-state index contributed by atoms with van der Waals surface area (Å²) < 4.78 is 17.9. The van der Waals surface area contributed by atoms with Gasteiger partial charge in [0.2, 0.25) is 0 Å². The lowest BCUT2D eigenvalue weighted by atomic mass is 10.1. The molecule has 0 saturated heterocycles. The van der Waals surface area contributed by atoms with Gasteiger partial charge in [-0.3, -0.25) is 4.79 Å².